The van der Waals surface area contributed by atoms with E-state index in [-0.39, 0.29) is 23.1 Å². The van der Waals surface area contributed by atoms with Gasteiger partial charge in [-0.25, -0.2) is 4.79 Å². The van der Waals surface area contributed by atoms with Crippen LogP contribution in [0.5, 0.6) is 0 Å². The number of anilines is 1. The van der Waals surface area contributed by atoms with E-state index in [0.29, 0.717) is 18.9 Å². The van der Waals surface area contributed by atoms with Crippen molar-refractivity contribution in [2.45, 2.75) is 32.7 Å². The fraction of sp³-hybridized carbons (Fsp3) is 0.542. The summed E-state index contributed by atoms with van der Waals surface area (Å²) in [5.74, 6) is 0.485. The molecule has 1 unspecified atom stereocenters. The minimum absolute atomic E-state index is 0.0506. The molecule has 1 aromatic carbocycles. The van der Waals surface area contributed by atoms with Gasteiger partial charge in [-0.2, -0.15) is 0 Å². The van der Waals surface area contributed by atoms with Crippen LogP contribution in [0, 0.1) is 5.92 Å². The molecule has 174 valence electrons. The third-order valence-corrected chi connectivity index (χ3v) is 6.26. The molecule has 0 bridgehead atoms. The molecule has 0 saturated carbocycles. The Labute approximate surface area is 189 Å². The molecule has 1 fully saturated rings. The quantitative estimate of drug-likeness (QED) is 0.594. The van der Waals surface area contributed by atoms with Crippen molar-refractivity contribution < 1.29 is 4.79 Å². The highest BCUT2D eigenvalue weighted by molar-refractivity contribution is 5.79. The Morgan fingerprint density at radius 1 is 1.16 bits per heavy atom. The topological polar surface area (TPSA) is 79.6 Å². The second kappa shape index (κ2) is 11.1. The molecular formula is C24H35N5O3. The molecule has 0 aliphatic carbocycles. The third-order valence-electron chi connectivity index (χ3n) is 6.26. The molecule has 32 heavy (non-hydrogen) atoms. The number of rotatable bonds is 9. The van der Waals surface area contributed by atoms with Crippen LogP contribution in [0.25, 0.3) is 0 Å². The van der Waals surface area contributed by atoms with Crippen molar-refractivity contribution in [1.82, 2.24) is 19.4 Å². The van der Waals surface area contributed by atoms with Gasteiger partial charge in [-0.15, -0.1) is 0 Å². The third kappa shape index (κ3) is 5.88. The highest BCUT2D eigenvalue weighted by atomic mass is 16.2. The number of benzene rings is 1. The largest absolute Gasteiger partial charge is 0.357 e. The maximum atomic E-state index is 12.8. The zero-order valence-electron chi connectivity index (χ0n) is 19.4. The van der Waals surface area contributed by atoms with Crippen LogP contribution in [-0.2, 0) is 25.4 Å². The molecule has 1 atom stereocenters. The van der Waals surface area contributed by atoms with Gasteiger partial charge in [0.05, 0.1) is 5.92 Å². The summed E-state index contributed by atoms with van der Waals surface area (Å²) in [6.07, 6.45) is 2.56. The lowest BCUT2D eigenvalue weighted by molar-refractivity contribution is -0.125. The zero-order chi connectivity index (χ0) is 23.1. The summed E-state index contributed by atoms with van der Waals surface area (Å²) in [6, 6.07) is 11.9. The Hall–Kier alpha value is -2.87. The summed E-state index contributed by atoms with van der Waals surface area (Å²) in [6.45, 7) is 6.86. The van der Waals surface area contributed by atoms with Crippen molar-refractivity contribution >= 4 is 11.7 Å². The minimum Gasteiger partial charge on any atom is -0.357 e. The fourth-order valence-electron chi connectivity index (χ4n) is 4.27. The Bertz CT molecular complexity index is 1010. The number of carbonyl (C=O) groups excluding carboxylic acids is 1. The van der Waals surface area contributed by atoms with Crippen LogP contribution in [-0.4, -0.2) is 52.7 Å². The first-order valence-electron chi connectivity index (χ1n) is 11.5. The van der Waals surface area contributed by atoms with Crippen LogP contribution < -0.4 is 21.5 Å². The van der Waals surface area contributed by atoms with Crippen LogP contribution in [0.15, 0.2) is 46.0 Å². The Morgan fingerprint density at radius 2 is 1.91 bits per heavy atom. The van der Waals surface area contributed by atoms with Crippen molar-refractivity contribution in [3.8, 4) is 0 Å². The van der Waals surface area contributed by atoms with Gasteiger partial charge in [0.25, 0.3) is 5.56 Å². The number of piperidine rings is 1. The first-order chi connectivity index (χ1) is 15.4. The number of carbonyl (C=O) groups is 1. The number of nitrogens with one attached hydrogen (secondary N) is 1. The summed E-state index contributed by atoms with van der Waals surface area (Å²) in [4.78, 5) is 41.5. The standard InChI is InChI=1S/C24H35N5O3/c1-4-28(17-19-10-6-5-7-11-19)14-9-13-25-23(31)20-12-8-15-29(18-20)21-16-22(30)27(3)24(32)26(21)2/h5-7,10-11,16,20H,4,8-9,12-15,17-18H2,1-3H3,(H,25,31). The molecule has 1 aliphatic heterocycles. The van der Waals surface area contributed by atoms with E-state index in [9.17, 15) is 14.4 Å². The molecule has 1 saturated heterocycles. The summed E-state index contributed by atoms with van der Waals surface area (Å²) in [7, 11) is 3.14. The lowest BCUT2D eigenvalue weighted by atomic mass is 9.97. The average Bonchev–Trinajstić information content (AvgIpc) is 2.82. The monoisotopic (exact) mass is 441 g/mol. The van der Waals surface area contributed by atoms with Crippen molar-refractivity contribution in [1.29, 1.82) is 0 Å². The molecule has 1 aromatic heterocycles. The van der Waals surface area contributed by atoms with Crippen LogP contribution in [0.3, 0.4) is 0 Å². The predicted molar refractivity (Wildman–Crippen MR) is 127 cm³/mol. The first-order valence-corrected chi connectivity index (χ1v) is 11.5. The fourth-order valence-corrected chi connectivity index (χ4v) is 4.27. The van der Waals surface area contributed by atoms with Crippen LogP contribution in [0.2, 0.25) is 0 Å². The molecule has 8 heteroatoms. The highest BCUT2D eigenvalue weighted by Gasteiger charge is 2.27. The van der Waals surface area contributed by atoms with Crippen LogP contribution in [0.4, 0.5) is 5.82 Å². The Balaban J connectivity index is 1.49. The smallest absolute Gasteiger partial charge is 0.332 e. The van der Waals surface area contributed by atoms with Crippen LogP contribution in [0.1, 0.15) is 31.7 Å². The molecule has 1 amide bonds. The number of amides is 1. The van der Waals surface area contributed by atoms with Gasteiger partial charge in [0.1, 0.15) is 5.82 Å². The summed E-state index contributed by atoms with van der Waals surface area (Å²) >= 11 is 0. The van der Waals surface area contributed by atoms with Crippen molar-refractivity contribution in [3.05, 3.63) is 62.8 Å². The lowest BCUT2D eigenvalue weighted by Crippen LogP contribution is -2.46. The normalized spacial score (nSPS) is 16.4. The lowest BCUT2D eigenvalue weighted by Gasteiger charge is -2.34. The van der Waals surface area contributed by atoms with E-state index in [2.05, 4.69) is 41.4 Å². The molecule has 0 radical (unpaired) electrons. The van der Waals surface area contributed by atoms with E-state index in [1.165, 1.54) is 23.2 Å². The number of nitrogens with zero attached hydrogens (tertiary/aromatic N) is 4. The van der Waals surface area contributed by atoms with E-state index in [1.807, 2.05) is 11.0 Å². The van der Waals surface area contributed by atoms with E-state index < -0.39 is 0 Å². The number of hydrogen-bond acceptors (Lipinski definition) is 5. The van der Waals surface area contributed by atoms with Gasteiger partial charge in [0.2, 0.25) is 5.91 Å². The second-order valence-corrected chi connectivity index (χ2v) is 8.53. The molecule has 8 nitrogen and oxygen atoms in total. The van der Waals surface area contributed by atoms with Gasteiger partial charge < -0.3 is 10.2 Å². The molecule has 0 spiro atoms. The van der Waals surface area contributed by atoms with Gasteiger partial charge >= 0.3 is 5.69 Å². The van der Waals surface area contributed by atoms with E-state index in [4.69, 9.17) is 0 Å². The van der Waals surface area contributed by atoms with E-state index in [1.54, 1.807) is 7.05 Å². The summed E-state index contributed by atoms with van der Waals surface area (Å²) < 4.78 is 2.57. The van der Waals surface area contributed by atoms with Gasteiger partial charge in [-0.1, -0.05) is 37.3 Å². The summed E-state index contributed by atoms with van der Waals surface area (Å²) in [5, 5.41) is 3.09. The molecule has 3 rings (SSSR count). The molecule has 2 heterocycles. The van der Waals surface area contributed by atoms with Gasteiger partial charge in [0.15, 0.2) is 0 Å². The first kappa shape index (κ1) is 23.8. The van der Waals surface area contributed by atoms with Crippen molar-refractivity contribution in [2.75, 3.05) is 37.6 Å². The van der Waals surface area contributed by atoms with Crippen molar-refractivity contribution in [2.24, 2.45) is 20.0 Å². The van der Waals surface area contributed by atoms with Crippen molar-refractivity contribution in [3.63, 3.8) is 0 Å². The summed E-state index contributed by atoms with van der Waals surface area (Å²) in [5.41, 5.74) is 0.617. The van der Waals surface area contributed by atoms with Gasteiger partial charge in [-0.3, -0.25) is 23.6 Å². The maximum absolute atomic E-state index is 12.8. The SMILES string of the molecule is CCN(CCCNC(=O)C1CCCN(c2cc(=O)n(C)c(=O)n2C)C1)Cc1ccccc1. The average molecular weight is 442 g/mol. The number of hydrogen-bond donors (Lipinski definition) is 1. The maximum Gasteiger partial charge on any atom is 0.332 e. The molecule has 2 aromatic rings. The van der Waals surface area contributed by atoms with Gasteiger partial charge in [0, 0.05) is 52.9 Å². The van der Waals surface area contributed by atoms with Gasteiger partial charge in [-0.05, 0) is 31.4 Å². The Morgan fingerprint density at radius 3 is 2.62 bits per heavy atom. The second-order valence-electron chi connectivity index (χ2n) is 8.53. The van der Waals surface area contributed by atoms with Crippen LogP contribution >= 0.6 is 0 Å². The molecule has 1 N–H and O–H groups in total. The van der Waals surface area contributed by atoms with E-state index in [0.717, 1.165) is 50.0 Å². The Kier molecular flexibility index (Phi) is 8.27. The minimum atomic E-state index is -0.352. The molecular weight excluding hydrogens is 406 g/mol. The molecule has 1 aliphatic rings. The predicted octanol–water partition coefficient (Wildman–Crippen LogP) is 1.33. The van der Waals surface area contributed by atoms with E-state index >= 15 is 0 Å². The number of aromatic nitrogens is 2. The zero-order valence-corrected chi connectivity index (χ0v) is 19.4. The highest BCUT2D eigenvalue weighted by Crippen LogP contribution is 2.21.